The first-order valence-electron chi connectivity index (χ1n) is 7.62. The van der Waals surface area contributed by atoms with Crippen molar-refractivity contribution >= 4 is 32.8 Å². The van der Waals surface area contributed by atoms with Crippen molar-refractivity contribution in [2.24, 2.45) is 0 Å². The van der Waals surface area contributed by atoms with E-state index in [9.17, 15) is 8.42 Å². The van der Waals surface area contributed by atoms with Crippen molar-refractivity contribution in [1.82, 2.24) is 19.3 Å². The predicted molar refractivity (Wildman–Crippen MR) is 91.3 cm³/mol. The summed E-state index contributed by atoms with van der Waals surface area (Å²) in [5.41, 5.74) is 1.58. The lowest BCUT2D eigenvalue weighted by molar-refractivity contribution is 0.575. The zero-order chi connectivity index (χ0) is 16.7. The van der Waals surface area contributed by atoms with E-state index in [1.807, 2.05) is 16.7 Å². The Morgan fingerprint density at radius 2 is 2.08 bits per heavy atom. The SMILES string of the molecule is O=S(=O)(NCc1nc2cccnc2n1C1CC1)c1cccc(Cl)c1. The summed E-state index contributed by atoms with van der Waals surface area (Å²) in [4.78, 5) is 9.06. The molecule has 2 aromatic heterocycles. The number of nitrogens with zero attached hydrogens (tertiary/aromatic N) is 3. The van der Waals surface area contributed by atoms with Crippen LogP contribution in [-0.2, 0) is 16.6 Å². The number of nitrogens with one attached hydrogen (secondary N) is 1. The lowest BCUT2D eigenvalue weighted by atomic mass is 10.4. The minimum absolute atomic E-state index is 0.113. The average Bonchev–Trinajstić information content (AvgIpc) is 3.33. The maximum atomic E-state index is 12.4. The van der Waals surface area contributed by atoms with Gasteiger partial charge in [0.1, 0.15) is 11.3 Å². The average molecular weight is 363 g/mol. The Labute approximate surface area is 144 Å². The maximum Gasteiger partial charge on any atom is 0.241 e. The Hall–Kier alpha value is -1.96. The quantitative estimate of drug-likeness (QED) is 0.757. The molecule has 2 heterocycles. The van der Waals surface area contributed by atoms with Crippen LogP contribution < -0.4 is 4.72 Å². The van der Waals surface area contributed by atoms with E-state index in [0.29, 0.717) is 16.9 Å². The van der Waals surface area contributed by atoms with Gasteiger partial charge in [0.05, 0.1) is 11.4 Å². The third-order valence-electron chi connectivity index (χ3n) is 3.96. The molecule has 0 aliphatic heterocycles. The van der Waals surface area contributed by atoms with E-state index in [-0.39, 0.29) is 11.4 Å². The van der Waals surface area contributed by atoms with E-state index >= 15 is 0 Å². The lowest BCUT2D eigenvalue weighted by Gasteiger charge is -2.09. The second-order valence-corrected chi connectivity index (χ2v) is 7.96. The fourth-order valence-corrected chi connectivity index (χ4v) is 3.98. The second kappa shape index (κ2) is 5.84. The van der Waals surface area contributed by atoms with Gasteiger partial charge in [-0.05, 0) is 43.2 Å². The molecule has 124 valence electrons. The summed E-state index contributed by atoms with van der Waals surface area (Å²) in [6.45, 7) is 0.113. The van der Waals surface area contributed by atoms with Gasteiger partial charge in [0, 0.05) is 17.3 Å². The van der Waals surface area contributed by atoms with Crippen LogP contribution >= 0.6 is 11.6 Å². The summed E-state index contributed by atoms with van der Waals surface area (Å²) in [6, 6.07) is 10.3. The molecule has 8 heteroatoms. The zero-order valence-electron chi connectivity index (χ0n) is 12.7. The van der Waals surface area contributed by atoms with Gasteiger partial charge in [-0.2, -0.15) is 0 Å². The molecule has 0 spiro atoms. The van der Waals surface area contributed by atoms with Crippen molar-refractivity contribution in [1.29, 1.82) is 0 Å². The van der Waals surface area contributed by atoms with Gasteiger partial charge in [0.2, 0.25) is 10.0 Å². The molecule has 1 aliphatic rings. The number of halogens is 1. The molecular weight excluding hydrogens is 348 g/mol. The summed E-state index contributed by atoms with van der Waals surface area (Å²) < 4.78 is 29.5. The van der Waals surface area contributed by atoms with Crippen LogP contribution in [0.25, 0.3) is 11.2 Å². The second-order valence-electron chi connectivity index (χ2n) is 5.76. The van der Waals surface area contributed by atoms with E-state index in [1.165, 1.54) is 12.1 Å². The standard InChI is InChI=1S/C16H15ClN4O2S/c17-11-3-1-4-13(9-11)24(22,23)19-10-15-20-14-5-2-8-18-16(14)21(15)12-6-7-12/h1-5,8-9,12,19H,6-7,10H2. The molecule has 0 bridgehead atoms. The molecule has 1 aromatic carbocycles. The van der Waals surface area contributed by atoms with Gasteiger partial charge in [0.25, 0.3) is 0 Å². The van der Waals surface area contributed by atoms with E-state index in [1.54, 1.807) is 18.3 Å². The predicted octanol–water partition coefficient (Wildman–Crippen LogP) is 2.90. The third kappa shape index (κ3) is 2.90. The fourth-order valence-electron chi connectivity index (χ4n) is 2.69. The Kier molecular flexibility index (Phi) is 3.79. The topological polar surface area (TPSA) is 76.9 Å². The van der Waals surface area contributed by atoms with Gasteiger partial charge in [-0.3, -0.25) is 0 Å². The van der Waals surface area contributed by atoms with Crippen LogP contribution in [0.4, 0.5) is 0 Å². The largest absolute Gasteiger partial charge is 0.308 e. The molecule has 1 fully saturated rings. The number of pyridine rings is 1. The van der Waals surface area contributed by atoms with Gasteiger partial charge in [-0.1, -0.05) is 17.7 Å². The Morgan fingerprint density at radius 3 is 2.83 bits per heavy atom. The molecule has 1 aliphatic carbocycles. The summed E-state index contributed by atoms with van der Waals surface area (Å²) >= 11 is 5.88. The highest BCUT2D eigenvalue weighted by atomic mass is 35.5. The molecule has 1 saturated carbocycles. The minimum atomic E-state index is -3.65. The highest BCUT2D eigenvalue weighted by Crippen LogP contribution is 2.38. The number of rotatable bonds is 5. The third-order valence-corrected chi connectivity index (χ3v) is 5.59. The van der Waals surface area contributed by atoms with Crippen LogP contribution in [0.15, 0.2) is 47.5 Å². The van der Waals surface area contributed by atoms with Crippen LogP contribution in [-0.4, -0.2) is 23.0 Å². The van der Waals surface area contributed by atoms with Gasteiger partial charge < -0.3 is 4.57 Å². The minimum Gasteiger partial charge on any atom is -0.308 e. The zero-order valence-corrected chi connectivity index (χ0v) is 14.3. The molecule has 4 rings (SSSR count). The summed E-state index contributed by atoms with van der Waals surface area (Å²) in [5, 5.41) is 0.382. The smallest absolute Gasteiger partial charge is 0.241 e. The number of aromatic nitrogens is 3. The first-order chi connectivity index (χ1) is 11.5. The summed E-state index contributed by atoms with van der Waals surface area (Å²) in [5.74, 6) is 0.678. The highest BCUT2D eigenvalue weighted by Gasteiger charge is 2.29. The van der Waals surface area contributed by atoms with E-state index in [4.69, 9.17) is 11.6 Å². The van der Waals surface area contributed by atoms with Gasteiger partial charge in [-0.25, -0.2) is 23.1 Å². The van der Waals surface area contributed by atoms with Crippen molar-refractivity contribution in [3.05, 3.63) is 53.4 Å². The normalized spacial score (nSPS) is 15.0. The molecule has 24 heavy (non-hydrogen) atoms. The molecule has 3 aromatic rings. The highest BCUT2D eigenvalue weighted by molar-refractivity contribution is 7.89. The van der Waals surface area contributed by atoms with Crippen LogP contribution in [0.5, 0.6) is 0 Å². The van der Waals surface area contributed by atoms with Crippen molar-refractivity contribution in [3.8, 4) is 0 Å². The number of fused-ring (bicyclic) bond motifs is 1. The molecule has 0 saturated heterocycles. The lowest BCUT2D eigenvalue weighted by Crippen LogP contribution is -2.25. The molecule has 1 N–H and O–H groups in total. The first-order valence-corrected chi connectivity index (χ1v) is 9.48. The molecular formula is C16H15ClN4O2S. The number of hydrogen-bond acceptors (Lipinski definition) is 4. The number of imidazole rings is 1. The van der Waals surface area contributed by atoms with Crippen LogP contribution in [0.2, 0.25) is 5.02 Å². The van der Waals surface area contributed by atoms with Gasteiger partial charge >= 0.3 is 0 Å². The molecule has 0 atom stereocenters. The van der Waals surface area contributed by atoms with Crippen molar-refractivity contribution in [3.63, 3.8) is 0 Å². The van der Waals surface area contributed by atoms with Crippen LogP contribution in [0.1, 0.15) is 24.7 Å². The Balaban J connectivity index is 1.64. The van der Waals surface area contributed by atoms with Crippen LogP contribution in [0, 0.1) is 0 Å². The van der Waals surface area contributed by atoms with Crippen molar-refractivity contribution in [2.45, 2.75) is 30.3 Å². The molecule has 0 amide bonds. The van der Waals surface area contributed by atoms with Crippen molar-refractivity contribution < 1.29 is 8.42 Å². The fraction of sp³-hybridized carbons (Fsp3) is 0.250. The molecule has 6 nitrogen and oxygen atoms in total. The Bertz CT molecular complexity index is 1010. The molecule has 0 radical (unpaired) electrons. The van der Waals surface area contributed by atoms with Crippen molar-refractivity contribution in [2.75, 3.05) is 0 Å². The van der Waals surface area contributed by atoms with Gasteiger partial charge in [0.15, 0.2) is 5.65 Å². The summed E-state index contributed by atoms with van der Waals surface area (Å²) in [7, 11) is -3.65. The monoisotopic (exact) mass is 362 g/mol. The van der Waals surface area contributed by atoms with E-state index < -0.39 is 10.0 Å². The Morgan fingerprint density at radius 1 is 1.25 bits per heavy atom. The van der Waals surface area contributed by atoms with Crippen LogP contribution in [0.3, 0.4) is 0 Å². The number of sulfonamides is 1. The summed E-state index contributed by atoms with van der Waals surface area (Å²) in [6.07, 6.45) is 3.86. The number of hydrogen-bond donors (Lipinski definition) is 1. The number of benzene rings is 1. The maximum absolute atomic E-state index is 12.4. The molecule has 0 unspecified atom stereocenters. The van der Waals surface area contributed by atoms with Gasteiger partial charge in [-0.15, -0.1) is 0 Å². The first kappa shape index (κ1) is 15.6. The van der Waals surface area contributed by atoms with E-state index in [0.717, 1.165) is 24.0 Å². The van der Waals surface area contributed by atoms with E-state index in [2.05, 4.69) is 14.7 Å².